The van der Waals surface area contributed by atoms with Gasteiger partial charge in [0.2, 0.25) is 0 Å². The maximum absolute atomic E-state index is 14.3. The van der Waals surface area contributed by atoms with Gasteiger partial charge in [0.15, 0.2) is 0 Å². The maximum atomic E-state index is 14.3. The fourth-order valence-electron chi connectivity index (χ4n) is 7.24. The molecule has 0 spiro atoms. The van der Waals surface area contributed by atoms with Gasteiger partial charge in [0.25, 0.3) is 0 Å². The van der Waals surface area contributed by atoms with Gasteiger partial charge in [-0.3, -0.25) is 0 Å². The molecule has 0 saturated heterocycles. The van der Waals surface area contributed by atoms with E-state index in [1.807, 2.05) is 0 Å². The third kappa shape index (κ3) is 1.90. The second-order valence-electron chi connectivity index (χ2n) is 9.41. The molecule has 3 heteroatoms. The third-order valence-corrected chi connectivity index (χ3v) is 8.71. The zero-order chi connectivity index (χ0) is 15.7. The second-order valence-corrected chi connectivity index (χ2v) is 9.41. The summed E-state index contributed by atoms with van der Waals surface area (Å²) in [7, 11) is 0. The molecule has 0 aromatic carbocycles. The first-order valence-electron chi connectivity index (χ1n) is 9.44. The zero-order valence-electron chi connectivity index (χ0n) is 14.1. The third-order valence-electron chi connectivity index (χ3n) is 8.71. The Hall–Kier alpha value is -0.150. The maximum Gasteiger partial charge on any atom is 0.116 e. The van der Waals surface area contributed by atoms with Crippen molar-refractivity contribution in [3.05, 3.63) is 0 Å². The normalized spacial score (nSPS) is 61.2. The zero-order valence-corrected chi connectivity index (χ0v) is 14.1. The molecule has 9 atom stereocenters. The lowest BCUT2D eigenvalue weighted by Crippen LogP contribution is -2.55. The summed E-state index contributed by atoms with van der Waals surface area (Å²) in [6.45, 7) is 4.74. The van der Waals surface area contributed by atoms with Crippen LogP contribution < -0.4 is 5.73 Å². The van der Waals surface area contributed by atoms with Crippen LogP contribution in [0.15, 0.2) is 0 Å². The minimum Gasteiger partial charge on any atom is -0.393 e. The van der Waals surface area contributed by atoms with Gasteiger partial charge in [0, 0.05) is 6.04 Å². The number of nitrogens with two attached hydrogens (primary N) is 1. The van der Waals surface area contributed by atoms with Crippen LogP contribution in [-0.2, 0) is 0 Å². The molecule has 0 radical (unpaired) electrons. The predicted octanol–water partition coefficient (Wildman–Crippen LogP) is 3.67. The fraction of sp³-hybridized carbons (Fsp3) is 1.00. The van der Waals surface area contributed by atoms with Gasteiger partial charge in [0.1, 0.15) is 6.17 Å². The van der Waals surface area contributed by atoms with Crippen LogP contribution in [0.3, 0.4) is 0 Å². The van der Waals surface area contributed by atoms with Crippen molar-refractivity contribution in [3.8, 4) is 0 Å². The second kappa shape index (κ2) is 4.92. The highest BCUT2D eigenvalue weighted by atomic mass is 19.1. The van der Waals surface area contributed by atoms with Crippen LogP contribution >= 0.6 is 0 Å². The SMILES string of the molecule is C[C@]12CC[C@@H](O)C[C@H]1CC[C@@H]1[C@@H]2CC[C@]2(C)[C@@H](N)[C@@H](F)C[C@@H]12. The van der Waals surface area contributed by atoms with Crippen LogP contribution in [0.25, 0.3) is 0 Å². The van der Waals surface area contributed by atoms with Crippen LogP contribution in [0.4, 0.5) is 4.39 Å². The van der Waals surface area contributed by atoms with Gasteiger partial charge in [-0.15, -0.1) is 0 Å². The Kier molecular flexibility index (Phi) is 3.44. The molecule has 0 heterocycles. The lowest BCUT2D eigenvalue weighted by molar-refractivity contribution is -0.122. The molecule has 0 aromatic rings. The first-order valence-corrected chi connectivity index (χ1v) is 9.44. The number of alkyl halides is 1. The van der Waals surface area contributed by atoms with Crippen LogP contribution in [-0.4, -0.2) is 23.4 Å². The van der Waals surface area contributed by atoms with Crippen LogP contribution in [0.1, 0.15) is 65.2 Å². The smallest absolute Gasteiger partial charge is 0.116 e. The van der Waals surface area contributed by atoms with Crippen LogP contribution in [0, 0.1) is 34.5 Å². The first-order chi connectivity index (χ1) is 10.4. The minimum atomic E-state index is -0.799. The fourth-order valence-corrected chi connectivity index (χ4v) is 7.24. The van der Waals surface area contributed by atoms with Crippen LogP contribution in [0.2, 0.25) is 0 Å². The molecule has 4 saturated carbocycles. The Morgan fingerprint density at radius 3 is 2.45 bits per heavy atom. The van der Waals surface area contributed by atoms with E-state index in [9.17, 15) is 9.50 Å². The molecule has 4 rings (SSSR count). The molecule has 126 valence electrons. The van der Waals surface area contributed by atoms with Crippen LogP contribution in [0.5, 0.6) is 0 Å². The number of hydrogen-bond acceptors (Lipinski definition) is 2. The Balaban J connectivity index is 1.63. The van der Waals surface area contributed by atoms with E-state index in [0.29, 0.717) is 29.6 Å². The molecule has 0 amide bonds. The highest BCUT2D eigenvalue weighted by Crippen LogP contribution is 2.66. The molecule has 4 aliphatic carbocycles. The van der Waals surface area contributed by atoms with Crippen molar-refractivity contribution in [2.24, 2.45) is 40.2 Å². The van der Waals surface area contributed by atoms with Gasteiger partial charge in [-0.1, -0.05) is 13.8 Å². The van der Waals surface area contributed by atoms with E-state index < -0.39 is 6.17 Å². The van der Waals surface area contributed by atoms with Crippen molar-refractivity contribution in [1.82, 2.24) is 0 Å². The van der Waals surface area contributed by atoms with Gasteiger partial charge < -0.3 is 10.8 Å². The highest BCUT2D eigenvalue weighted by molar-refractivity contribution is 5.12. The number of hydrogen-bond donors (Lipinski definition) is 2. The lowest BCUT2D eigenvalue weighted by Gasteiger charge is -2.60. The molecular formula is C19H32FNO. The number of halogens is 1. The van der Waals surface area contributed by atoms with Gasteiger partial charge in [-0.2, -0.15) is 0 Å². The van der Waals surface area contributed by atoms with E-state index in [2.05, 4.69) is 13.8 Å². The largest absolute Gasteiger partial charge is 0.393 e. The summed E-state index contributed by atoms with van der Waals surface area (Å²) in [6, 6.07) is -0.253. The van der Waals surface area contributed by atoms with Gasteiger partial charge in [-0.25, -0.2) is 4.39 Å². The summed E-state index contributed by atoms with van der Waals surface area (Å²) < 4.78 is 14.3. The van der Waals surface area contributed by atoms with E-state index in [1.165, 1.54) is 19.3 Å². The average molecular weight is 309 g/mol. The number of aliphatic hydroxyl groups excluding tert-OH is 1. The molecule has 3 N–H and O–H groups in total. The Bertz CT molecular complexity index is 457. The first kappa shape index (κ1) is 15.4. The molecule has 22 heavy (non-hydrogen) atoms. The summed E-state index contributed by atoms with van der Waals surface area (Å²) in [5, 5.41) is 10.1. The van der Waals surface area contributed by atoms with E-state index in [1.54, 1.807) is 0 Å². The number of aliphatic hydroxyl groups is 1. The van der Waals surface area contributed by atoms with Crippen molar-refractivity contribution < 1.29 is 9.50 Å². The Morgan fingerprint density at radius 1 is 0.955 bits per heavy atom. The highest BCUT2D eigenvalue weighted by Gasteiger charge is 2.61. The summed E-state index contributed by atoms with van der Waals surface area (Å²) in [5.41, 5.74) is 6.67. The van der Waals surface area contributed by atoms with Crippen molar-refractivity contribution in [3.63, 3.8) is 0 Å². The molecule has 4 fully saturated rings. The van der Waals surface area contributed by atoms with Gasteiger partial charge in [0.05, 0.1) is 6.10 Å². The van der Waals surface area contributed by atoms with Gasteiger partial charge >= 0.3 is 0 Å². The molecule has 2 nitrogen and oxygen atoms in total. The quantitative estimate of drug-likeness (QED) is 0.717. The standard InChI is InChI=1S/C19H32FNO/c1-18-7-5-12(22)9-11(18)3-4-13-14(18)6-8-19(2)15(13)10-16(20)17(19)21/h11-17,22H,3-10,21H2,1-2H3/t11-,12-,13-,14+,15+,16+,17+,18+,19+/m1/s1. The number of fused-ring (bicyclic) bond motifs is 5. The molecule has 0 bridgehead atoms. The van der Waals surface area contributed by atoms with Crippen molar-refractivity contribution in [2.45, 2.75) is 83.5 Å². The monoisotopic (exact) mass is 309 g/mol. The van der Waals surface area contributed by atoms with Gasteiger partial charge in [-0.05, 0) is 85.9 Å². The topological polar surface area (TPSA) is 46.2 Å². The Labute approximate surface area is 134 Å². The van der Waals surface area contributed by atoms with E-state index in [-0.39, 0.29) is 17.6 Å². The van der Waals surface area contributed by atoms with E-state index >= 15 is 0 Å². The summed E-state index contributed by atoms with van der Waals surface area (Å²) in [6.07, 6.45) is 7.72. The van der Waals surface area contributed by atoms with E-state index in [0.717, 1.165) is 31.6 Å². The minimum absolute atomic E-state index is 0.0258. The summed E-state index contributed by atoms with van der Waals surface area (Å²) in [4.78, 5) is 0. The number of rotatable bonds is 0. The molecular weight excluding hydrogens is 277 g/mol. The molecule has 0 unspecified atom stereocenters. The predicted molar refractivity (Wildman–Crippen MR) is 86.0 cm³/mol. The van der Waals surface area contributed by atoms with E-state index in [4.69, 9.17) is 5.73 Å². The molecule has 0 aliphatic heterocycles. The summed E-state index contributed by atoms with van der Waals surface area (Å²) >= 11 is 0. The molecule has 0 aromatic heterocycles. The van der Waals surface area contributed by atoms with Crippen molar-refractivity contribution in [2.75, 3.05) is 0 Å². The van der Waals surface area contributed by atoms with Crippen molar-refractivity contribution in [1.29, 1.82) is 0 Å². The summed E-state index contributed by atoms with van der Waals surface area (Å²) in [5.74, 6) is 2.57. The lowest BCUT2D eigenvalue weighted by atomic mass is 9.45. The average Bonchev–Trinajstić information content (AvgIpc) is 2.72. The van der Waals surface area contributed by atoms with Crippen molar-refractivity contribution >= 4 is 0 Å². The Morgan fingerprint density at radius 2 is 1.68 bits per heavy atom. The molecule has 4 aliphatic rings.